The Balaban J connectivity index is 1.69. The number of pyridine rings is 1. The van der Waals surface area contributed by atoms with Gasteiger partial charge in [0.1, 0.15) is 0 Å². The Hall–Kier alpha value is -2.21. The van der Waals surface area contributed by atoms with Crippen LogP contribution in [0.25, 0.3) is 10.9 Å². The molecule has 24 heavy (non-hydrogen) atoms. The molecule has 2 heterocycles. The van der Waals surface area contributed by atoms with Gasteiger partial charge in [-0.3, -0.25) is 9.78 Å². The van der Waals surface area contributed by atoms with Gasteiger partial charge in [-0.1, -0.05) is 18.2 Å². The molecule has 1 saturated heterocycles. The lowest BCUT2D eigenvalue weighted by Crippen LogP contribution is -2.48. The van der Waals surface area contributed by atoms with Crippen molar-refractivity contribution in [1.82, 2.24) is 9.88 Å². The first-order valence-corrected chi connectivity index (χ1v) is 7.95. The summed E-state index contributed by atoms with van der Waals surface area (Å²) in [4.78, 5) is 20.0. The third-order valence-electron chi connectivity index (χ3n) is 3.97. The van der Waals surface area contributed by atoms with Gasteiger partial charge in [-0.15, -0.1) is 0 Å². The molecule has 1 amide bonds. The number of alkyl halides is 3. The molecule has 1 aromatic heterocycles. The van der Waals surface area contributed by atoms with E-state index in [0.29, 0.717) is 32.3 Å². The van der Waals surface area contributed by atoms with Crippen molar-refractivity contribution in [2.24, 2.45) is 0 Å². The number of piperazine rings is 1. The van der Waals surface area contributed by atoms with Crippen LogP contribution < -0.4 is 4.90 Å². The van der Waals surface area contributed by atoms with E-state index in [2.05, 4.69) is 9.88 Å². The van der Waals surface area contributed by atoms with Crippen molar-refractivity contribution in [3.63, 3.8) is 0 Å². The summed E-state index contributed by atoms with van der Waals surface area (Å²) in [5.41, 5.74) is 1.98. The highest BCUT2D eigenvalue weighted by molar-refractivity contribution is 6.23. The molecule has 126 valence electrons. The monoisotopic (exact) mass is 351 g/mol. The Kier molecular flexibility index (Phi) is 4.66. The van der Waals surface area contributed by atoms with E-state index in [4.69, 9.17) is 11.6 Å². The molecule has 0 bridgehead atoms. The number of hydrogen-bond acceptors (Lipinski definition) is 3. The zero-order valence-corrected chi connectivity index (χ0v) is 13.6. The number of amides is 1. The molecule has 7 heteroatoms. The van der Waals surface area contributed by atoms with Gasteiger partial charge >= 0.3 is 5.38 Å². The van der Waals surface area contributed by atoms with Gasteiger partial charge < -0.3 is 9.80 Å². The van der Waals surface area contributed by atoms with Crippen LogP contribution in [0, 0.1) is 0 Å². The Morgan fingerprint density at radius 1 is 1.17 bits per heavy atom. The first-order valence-electron chi connectivity index (χ1n) is 7.58. The van der Waals surface area contributed by atoms with Gasteiger partial charge in [-0.05, 0) is 23.7 Å². The summed E-state index contributed by atoms with van der Waals surface area (Å²) in [6, 6.07) is 9.82. The lowest BCUT2D eigenvalue weighted by Gasteiger charge is -2.36. The van der Waals surface area contributed by atoms with Gasteiger partial charge in [0.25, 0.3) is 0 Å². The van der Waals surface area contributed by atoms with E-state index in [-0.39, 0.29) is 0 Å². The number of carbonyl (C=O) groups is 1. The van der Waals surface area contributed by atoms with Gasteiger partial charge in [0.2, 0.25) is 5.91 Å². The van der Waals surface area contributed by atoms with Gasteiger partial charge in [-0.2, -0.15) is 8.78 Å². The molecule has 1 aliphatic heterocycles. The normalized spacial score (nSPS) is 16.1. The van der Waals surface area contributed by atoms with E-state index >= 15 is 0 Å². The number of allylic oxidation sites excluding steroid dienone is 1. The largest absolute Gasteiger partial charge is 0.367 e. The van der Waals surface area contributed by atoms with Crippen molar-refractivity contribution in [3.8, 4) is 0 Å². The van der Waals surface area contributed by atoms with Crippen LogP contribution >= 0.6 is 11.6 Å². The van der Waals surface area contributed by atoms with E-state index < -0.39 is 11.3 Å². The minimum absolute atomic E-state index is 0.416. The standard InChI is InChI=1S/C17H16ClF2N3O/c18-17(19,20)7-5-16(24)23-11-9-22(10-12-23)15-6-8-21-14-4-2-1-3-13(14)15/h1-8H,9-12H2. The van der Waals surface area contributed by atoms with E-state index in [9.17, 15) is 13.6 Å². The molecule has 0 N–H and O–H groups in total. The lowest BCUT2D eigenvalue weighted by atomic mass is 10.1. The maximum Gasteiger partial charge on any atom is 0.341 e. The Bertz CT molecular complexity index is 763. The average Bonchev–Trinajstić information content (AvgIpc) is 2.59. The van der Waals surface area contributed by atoms with Crippen LogP contribution in [0.5, 0.6) is 0 Å². The number of fused-ring (bicyclic) bond motifs is 1. The second kappa shape index (κ2) is 6.73. The van der Waals surface area contributed by atoms with Crippen molar-refractivity contribution >= 4 is 34.1 Å². The number of aromatic nitrogens is 1. The summed E-state index contributed by atoms with van der Waals surface area (Å²) >= 11 is 4.77. The summed E-state index contributed by atoms with van der Waals surface area (Å²) in [5, 5.41) is -2.44. The summed E-state index contributed by atoms with van der Waals surface area (Å²) in [5.74, 6) is -0.449. The van der Waals surface area contributed by atoms with Crippen LogP contribution in [0.15, 0.2) is 48.7 Å². The molecule has 0 unspecified atom stereocenters. The van der Waals surface area contributed by atoms with Crippen molar-refractivity contribution < 1.29 is 13.6 Å². The number of halogens is 3. The van der Waals surface area contributed by atoms with Crippen LogP contribution in [0.4, 0.5) is 14.5 Å². The molecular formula is C17H16ClF2N3O. The van der Waals surface area contributed by atoms with E-state index in [1.54, 1.807) is 11.1 Å². The van der Waals surface area contributed by atoms with E-state index in [1.807, 2.05) is 30.3 Å². The number of para-hydroxylation sites is 1. The summed E-state index contributed by atoms with van der Waals surface area (Å²) in [6.07, 6.45) is 3.02. The molecule has 0 aliphatic carbocycles. The topological polar surface area (TPSA) is 36.4 Å². The van der Waals surface area contributed by atoms with Crippen molar-refractivity contribution in [2.45, 2.75) is 5.38 Å². The van der Waals surface area contributed by atoms with Crippen molar-refractivity contribution in [2.75, 3.05) is 31.1 Å². The number of anilines is 1. The fourth-order valence-corrected chi connectivity index (χ4v) is 2.86. The number of nitrogens with zero attached hydrogens (tertiary/aromatic N) is 3. The lowest BCUT2D eigenvalue weighted by molar-refractivity contribution is -0.126. The van der Waals surface area contributed by atoms with E-state index in [0.717, 1.165) is 22.7 Å². The van der Waals surface area contributed by atoms with Crippen LogP contribution in [0.1, 0.15) is 0 Å². The third kappa shape index (κ3) is 3.82. The molecule has 0 spiro atoms. The average molecular weight is 352 g/mol. The molecule has 2 aromatic rings. The van der Waals surface area contributed by atoms with Crippen molar-refractivity contribution in [3.05, 3.63) is 48.7 Å². The summed E-state index contributed by atoms with van der Waals surface area (Å²) in [7, 11) is 0. The summed E-state index contributed by atoms with van der Waals surface area (Å²) in [6.45, 7) is 2.19. The van der Waals surface area contributed by atoms with Crippen LogP contribution in [0.2, 0.25) is 0 Å². The fraction of sp³-hybridized carbons (Fsp3) is 0.294. The highest BCUT2D eigenvalue weighted by Gasteiger charge is 2.24. The smallest absolute Gasteiger partial charge is 0.341 e. The van der Waals surface area contributed by atoms with E-state index in [1.165, 1.54) is 0 Å². The summed E-state index contributed by atoms with van der Waals surface area (Å²) < 4.78 is 25.2. The minimum Gasteiger partial charge on any atom is -0.367 e. The highest BCUT2D eigenvalue weighted by atomic mass is 35.5. The Labute approximate surface area is 143 Å². The number of carbonyl (C=O) groups excluding carboxylic acids is 1. The first-order chi connectivity index (χ1) is 11.4. The maximum absolute atomic E-state index is 12.6. The molecule has 1 aromatic carbocycles. The van der Waals surface area contributed by atoms with Crippen LogP contribution in [0.3, 0.4) is 0 Å². The second-order valence-corrected chi connectivity index (χ2v) is 6.04. The molecule has 1 fully saturated rings. The third-order valence-corrected chi connectivity index (χ3v) is 4.10. The van der Waals surface area contributed by atoms with Crippen LogP contribution in [-0.2, 0) is 4.79 Å². The van der Waals surface area contributed by atoms with Gasteiger partial charge in [0, 0.05) is 55.6 Å². The first kappa shape index (κ1) is 16.6. The molecule has 0 saturated carbocycles. The molecule has 1 aliphatic rings. The van der Waals surface area contributed by atoms with Gasteiger partial charge in [-0.25, -0.2) is 0 Å². The van der Waals surface area contributed by atoms with Gasteiger partial charge in [0.15, 0.2) is 0 Å². The predicted octanol–water partition coefficient (Wildman–Crippen LogP) is 3.27. The fourth-order valence-electron chi connectivity index (χ4n) is 2.80. The molecule has 0 radical (unpaired) electrons. The number of benzene rings is 1. The second-order valence-electron chi connectivity index (χ2n) is 5.53. The Morgan fingerprint density at radius 3 is 2.58 bits per heavy atom. The highest BCUT2D eigenvalue weighted by Crippen LogP contribution is 2.26. The van der Waals surface area contributed by atoms with Gasteiger partial charge in [0.05, 0.1) is 5.52 Å². The van der Waals surface area contributed by atoms with Crippen molar-refractivity contribution in [1.29, 1.82) is 0 Å². The maximum atomic E-state index is 12.6. The van der Waals surface area contributed by atoms with Crippen LogP contribution in [-0.4, -0.2) is 47.4 Å². The molecule has 0 atom stereocenters. The zero-order valence-electron chi connectivity index (χ0n) is 12.8. The minimum atomic E-state index is -3.49. The predicted molar refractivity (Wildman–Crippen MR) is 90.5 cm³/mol. The SMILES string of the molecule is O=C(C=CC(F)(F)Cl)N1CCN(c2ccnc3ccccc23)CC1. The number of hydrogen-bond donors (Lipinski definition) is 0. The Morgan fingerprint density at radius 2 is 1.88 bits per heavy atom. The quantitative estimate of drug-likeness (QED) is 0.629. The molecular weight excluding hydrogens is 336 g/mol. The molecule has 4 nitrogen and oxygen atoms in total. The zero-order chi connectivity index (χ0) is 17.2. The number of rotatable bonds is 3. The molecule has 3 rings (SSSR count).